The highest BCUT2D eigenvalue weighted by Gasteiger charge is 1.74. The minimum atomic E-state index is 0.684. The van der Waals surface area contributed by atoms with Gasteiger partial charge in [0.1, 0.15) is 0 Å². The number of nitrogens with zero attached hydrogens (tertiary/aromatic N) is 1. The fourth-order valence-corrected chi connectivity index (χ4v) is 0.157. The van der Waals surface area contributed by atoms with Crippen molar-refractivity contribution in [3.63, 3.8) is 0 Å². The van der Waals surface area contributed by atoms with Gasteiger partial charge in [0.15, 0.2) is 0 Å². The van der Waals surface area contributed by atoms with Crippen LogP contribution in [-0.4, -0.2) is 0 Å². The van der Waals surface area contributed by atoms with Crippen molar-refractivity contribution in [1.29, 1.82) is 0 Å². The molecule has 0 radical (unpaired) electrons. The van der Waals surface area contributed by atoms with Gasteiger partial charge in [0.05, 0.1) is 6.42 Å². The Morgan fingerprint density at radius 3 is 2.67 bits per heavy atom. The molecule has 0 saturated heterocycles. The Labute approximate surface area is 37.2 Å². The van der Waals surface area contributed by atoms with Crippen molar-refractivity contribution >= 4 is 0 Å². The molecule has 6 heavy (non-hydrogen) atoms. The second kappa shape index (κ2) is 4.29. The molecule has 0 heterocycles. The van der Waals surface area contributed by atoms with Crippen LogP contribution in [0.5, 0.6) is 0 Å². The number of hydrogen-bond acceptors (Lipinski definition) is 1. The number of unbranched alkanes of at least 4 members (excludes halogenated alkanes) is 1. The molecule has 0 aliphatic carbocycles. The fourth-order valence-electron chi connectivity index (χ4n) is 0.157. The normalized spacial score (nSPS) is 6.17. The van der Waals surface area contributed by atoms with E-state index in [2.05, 4.69) is 11.1 Å². The van der Waals surface area contributed by atoms with E-state index in [9.17, 15) is 5.21 Å². The van der Waals surface area contributed by atoms with Gasteiger partial charge in [0, 0.05) is 5.01 Å². The fraction of sp³-hybridized carbons (Fsp3) is 0.750. The largest absolute Gasteiger partial charge is 0.498 e. The van der Waals surface area contributed by atoms with E-state index in [4.69, 9.17) is 0 Å². The van der Waals surface area contributed by atoms with Crippen LogP contribution in [0.3, 0.4) is 0 Å². The Morgan fingerprint density at radius 1 is 1.83 bits per heavy atom. The molecule has 0 aliphatic heterocycles. The minimum Gasteiger partial charge on any atom is -0.498 e. The molecule has 0 unspecified atom stereocenters. The highest BCUT2D eigenvalue weighted by Crippen LogP contribution is 1.80. The van der Waals surface area contributed by atoms with Gasteiger partial charge >= 0.3 is 0 Å². The van der Waals surface area contributed by atoms with Crippen LogP contribution in [0.4, 0.5) is 0 Å². The topological polar surface area (TPSA) is 27.4 Å². The Morgan fingerprint density at radius 2 is 2.50 bits per heavy atom. The van der Waals surface area contributed by atoms with E-state index in [0.29, 0.717) is 6.42 Å². The SMILES string of the molecule is CCCC#[N+][O-]. The van der Waals surface area contributed by atoms with E-state index in [1.807, 2.05) is 6.92 Å². The van der Waals surface area contributed by atoms with E-state index in [-0.39, 0.29) is 0 Å². The van der Waals surface area contributed by atoms with Crippen molar-refractivity contribution in [3.8, 4) is 6.07 Å². The van der Waals surface area contributed by atoms with Crippen LogP contribution in [0, 0.1) is 11.3 Å². The van der Waals surface area contributed by atoms with E-state index in [0.717, 1.165) is 6.42 Å². The monoisotopic (exact) mass is 85.1 g/mol. The first-order valence-electron chi connectivity index (χ1n) is 1.97. The highest BCUT2D eigenvalue weighted by atomic mass is 16.4. The maximum absolute atomic E-state index is 9.20. The second-order valence-electron chi connectivity index (χ2n) is 0.999. The molecule has 0 N–H and O–H groups in total. The maximum atomic E-state index is 9.20. The van der Waals surface area contributed by atoms with Gasteiger partial charge in [-0.1, -0.05) is 6.92 Å². The molecule has 2 nitrogen and oxygen atoms in total. The summed E-state index contributed by atoms with van der Waals surface area (Å²) in [5.74, 6) is 0. The standard InChI is InChI=1S/C4H7NO/c1-2-3-4-5-6/h2-3H2,1H3. The summed E-state index contributed by atoms with van der Waals surface area (Å²) in [6.07, 6.45) is 1.63. The van der Waals surface area contributed by atoms with Crippen LogP contribution in [0.1, 0.15) is 19.8 Å². The quantitative estimate of drug-likeness (QED) is 0.444. The molecule has 0 bridgehead atoms. The Bertz CT molecular complexity index is 69.4. The first-order chi connectivity index (χ1) is 2.91. The molecular weight excluding hydrogens is 78.0 g/mol. The van der Waals surface area contributed by atoms with Crippen LogP contribution in [0.2, 0.25) is 0 Å². The van der Waals surface area contributed by atoms with Gasteiger partial charge in [0.25, 0.3) is 6.07 Å². The van der Waals surface area contributed by atoms with Crippen molar-refractivity contribution < 1.29 is 0 Å². The molecule has 0 aromatic rings. The average molecular weight is 85.1 g/mol. The van der Waals surface area contributed by atoms with Crippen LogP contribution < -0.4 is 0 Å². The predicted molar refractivity (Wildman–Crippen MR) is 25.5 cm³/mol. The summed E-state index contributed by atoms with van der Waals surface area (Å²) in [6.45, 7) is 1.97. The van der Waals surface area contributed by atoms with E-state index in [1.165, 1.54) is 0 Å². The lowest BCUT2D eigenvalue weighted by Gasteiger charge is -1.63. The summed E-state index contributed by atoms with van der Waals surface area (Å²) in [4.78, 5) is 0. The maximum Gasteiger partial charge on any atom is 0.298 e. The second-order valence-corrected chi connectivity index (χ2v) is 0.999. The van der Waals surface area contributed by atoms with Gasteiger partial charge in [-0.25, -0.2) is 0 Å². The summed E-state index contributed by atoms with van der Waals surface area (Å²) in [5.41, 5.74) is 0. The Kier molecular flexibility index (Phi) is 3.78. The lowest BCUT2D eigenvalue weighted by Crippen LogP contribution is -1.55. The van der Waals surface area contributed by atoms with Gasteiger partial charge in [-0.2, -0.15) is 0 Å². The van der Waals surface area contributed by atoms with Crippen molar-refractivity contribution in [2.45, 2.75) is 19.8 Å². The van der Waals surface area contributed by atoms with Crippen LogP contribution in [-0.2, 0) is 0 Å². The average Bonchev–Trinajstić information content (AvgIpc) is 1.61. The smallest absolute Gasteiger partial charge is 0.298 e. The molecule has 0 amide bonds. The lowest BCUT2D eigenvalue weighted by molar-refractivity contribution is 0.982. The van der Waals surface area contributed by atoms with Crippen LogP contribution >= 0.6 is 0 Å². The third-order valence-corrected chi connectivity index (χ3v) is 0.426. The molecule has 34 valence electrons. The van der Waals surface area contributed by atoms with Crippen molar-refractivity contribution in [2.75, 3.05) is 0 Å². The molecule has 0 atom stereocenters. The first kappa shape index (κ1) is 5.29. The molecule has 0 aromatic carbocycles. The van der Waals surface area contributed by atoms with Crippen molar-refractivity contribution in [1.82, 2.24) is 0 Å². The Hall–Kier alpha value is -0.710. The molecule has 0 aromatic heterocycles. The zero-order chi connectivity index (χ0) is 4.83. The molecule has 0 aliphatic rings. The van der Waals surface area contributed by atoms with E-state index in [1.54, 1.807) is 0 Å². The van der Waals surface area contributed by atoms with Gasteiger partial charge in [0.2, 0.25) is 0 Å². The Balaban J connectivity index is 2.79. The highest BCUT2D eigenvalue weighted by molar-refractivity contribution is 4.85. The van der Waals surface area contributed by atoms with Gasteiger partial charge in [-0.15, -0.1) is 0 Å². The predicted octanol–water partition coefficient (Wildman–Crippen LogP) is 1.62. The number of hydrogen-bond donors (Lipinski definition) is 0. The summed E-state index contributed by atoms with van der Waals surface area (Å²) < 4.78 is 0. The number of rotatable bonds is 1. The van der Waals surface area contributed by atoms with E-state index < -0.39 is 0 Å². The van der Waals surface area contributed by atoms with Gasteiger partial charge < -0.3 is 5.21 Å². The van der Waals surface area contributed by atoms with E-state index >= 15 is 0 Å². The zero-order valence-corrected chi connectivity index (χ0v) is 3.77. The zero-order valence-electron chi connectivity index (χ0n) is 3.77. The minimum absolute atomic E-state index is 0.684. The van der Waals surface area contributed by atoms with Gasteiger partial charge in [-0.05, 0) is 6.42 Å². The summed E-state index contributed by atoms with van der Waals surface area (Å²) >= 11 is 0. The first-order valence-corrected chi connectivity index (χ1v) is 1.97. The molecule has 0 rings (SSSR count). The summed E-state index contributed by atoms with van der Waals surface area (Å²) in [5, 5.41) is 11.6. The summed E-state index contributed by atoms with van der Waals surface area (Å²) in [6, 6.07) is 2.27. The molecule has 0 fully saturated rings. The molecule has 2 heteroatoms. The third-order valence-electron chi connectivity index (χ3n) is 0.426. The lowest BCUT2D eigenvalue weighted by atomic mass is 10.4. The molecule has 0 spiro atoms. The van der Waals surface area contributed by atoms with Crippen molar-refractivity contribution in [3.05, 3.63) is 10.2 Å². The molecule has 0 saturated carbocycles. The van der Waals surface area contributed by atoms with Crippen molar-refractivity contribution in [2.24, 2.45) is 0 Å². The van der Waals surface area contributed by atoms with Crippen LogP contribution in [0.25, 0.3) is 5.01 Å². The van der Waals surface area contributed by atoms with Gasteiger partial charge in [-0.3, -0.25) is 0 Å². The summed E-state index contributed by atoms with van der Waals surface area (Å²) in [7, 11) is 0. The van der Waals surface area contributed by atoms with Crippen LogP contribution in [0.15, 0.2) is 0 Å². The third kappa shape index (κ3) is 3.29. The molecular formula is C4H7NO.